The minimum Gasteiger partial charge on any atom is -0.399 e. The number of halogens is 1. The van der Waals surface area contributed by atoms with E-state index in [4.69, 9.17) is 10.5 Å². The van der Waals surface area contributed by atoms with Crippen molar-refractivity contribution in [3.63, 3.8) is 0 Å². The summed E-state index contributed by atoms with van der Waals surface area (Å²) in [5.74, 6) is -0.394. The third-order valence-electron chi connectivity index (χ3n) is 8.09. The summed E-state index contributed by atoms with van der Waals surface area (Å²) in [6, 6.07) is 24.1. The van der Waals surface area contributed by atoms with Crippen molar-refractivity contribution in [1.29, 1.82) is 0 Å². The Labute approximate surface area is 249 Å². The van der Waals surface area contributed by atoms with Gasteiger partial charge in [0.15, 0.2) is 0 Å². The fourth-order valence-electron chi connectivity index (χ4n) is 6.05. The number of amides is 2. The van der Waals surface area contributed by atoms with E-state index in [0.29, 0.717) is 36.3 Å². The van der Waals surface area contributed by atoms with E-state index in [1.165, 1.54) is 0 Å². The first kappa shape index (κ1) is 31.4. The molecule has 0 aromatic heterocycles. The molecule has 3 aromatic rings. The maximum Gasteiger partial charge on any atom is 0.255 e. The lowest BCUT2D eigenvalue weighted by Gasteiger charge is -2.30. The smallest absolute Gasteiger partial charge is 0.255 e. The van der Waals surface area contributed by atoms with Crippen LogP contribution >= 0.6 is 0 Å². The summed E-state index contributed by atoms with van der Waals surface area (Å²) in [6.07, 6.45) is 0.751. The molecule has 4 rings (SSSR count). The molecule has 42 heavy (non-hydrogen) atoms. The van der Waals surface area contributed by atoms with Gasteiger partial charge in [-0.25, -0.2) is 0 Å². The summed E-state index contributed by atoms with van der Waals surface area (Å²) in [5, 5.41) is 12.5. The van der Waals surface area contributed by atoms with Crippen molar-refractivity contribution in [2.75, 3.05) is 24.2 Å². The van der Waals surface area contributed by atoms with Crippen molar-refractivity contribution in [2.45, 2.75) is 63.6 Å². The molecule has 1 fully saturated rings. The lowest BCUT2D eigenvalue weighted by atomic mass is 9.95. The fraction of sp³-hybridized carbons (Fsp3) is 0.394. The van der Waals surface area contributed by atoms with Gasteiger partial charge in [-0.15, -0.1) is 0 Å². The van der Waals surface area contributed by atoms with Crippen molar-refractivity contribution in [2.24, 2.45) is 5.92 Å². The van der Waals surface area contributed by atoms with Gasteiger partial charge in [-0.1, -0.05) is 49.4 Å². The largest absolute Gasteiger partial charge is 0.399 e. The first-order chi connectivity index (χ1) is 20.0. The van der Waals surface area contributed by atoms with Crippen LogP contribution in [0.3, 0.4) is 0 Å². The Hall–Kier alpha value is -3.53. The zero-order chi connectivity index (χ0) is 30.3. The van der Waals surface area contributed by atoms with Crippen LogP contribution in [0, 0.1) is 5.92 Å². The number of aryl methyl sites for hydroxylation is 1. The number of ether oxygens (including phenoxy) is 1. The lowest BCUT2D eigenvalue weighted by Crippen LogP contribution is -2.40. The number of nitrogen functional groups attached to an aromatic ring is 1. The zero-order valence-electron chi connectivity index (χ0n) is 24.6. The highest BCUT2D eigenvalue weighted by atomic mass is 28.4. The van der Waals surface area contributed by atoms with Crippen LogP contribution in [0.5, 0.6) is 0 Å². The van der Waals surface area contributed by atoms with Crippen LogP contribution in [0.1, 0.15) is 41.3 Å². The van der Waals surface area contributed by atoms with E-state index >= 15 is 4.11 Å². The number of carbonyl (C=O) groups excluding carboxylic acids is 2. The number of nitrogens with one attached hydrogen (secondary N) is 1. The van der Waals surface area contributed by atoms with E-state index in [0.717, 1.165) is 11.1 Å². The number of nitrogens with two attached hydrogens (primary N) is 1. The molecule has 1 saturated heterocycles. The van der Waals surface area contributed by atoms with Crippen LogP contribution in [0.2, 0.25) is 18.6 Å². The molecular weight excluding hydrogens is 549 g/mol. The van der Waals surface area contributed by atoms with E-state index in [1.54, 1.807) is 42.3 Å². The number of nitrogens with zero attached hydrogens (tertiary/aromatic N) is 1. The van der Waals surface area contributed by atoms with E-state index in [-0.39, 0.29) is 48.9 Å². The molecule has 4 N–H and O–H groups in total. The predicted octanol–water partition coefficient (Wildman–Crippen LogP) is 5.81. The third-order valence-corrected chi connectivity index (χ3v) is 10.6. The molecule has 1 aliphatic heterocycles. The lowest BCUT2D eigenvalue weighted by molar-refractivity contribution is -0.135. The average molecular weight is 592 g/mol. The highest BCUT2D eigenvalue weighted by Crippen LogP contribution is 2.47. The summed E-state index contributed by atoms with van der Waals surface area (Å²) in [4.78, 5) is 27.7. The second kappa shape index (κ2) is 14.1. The molecule has 224 valence electrons. The summed E-state index contributed by atoms with van der Waals surface area (Å²) in [7, 11) is -3.16. The normalized spacial score (nSPS) is 20.3. The second-order valence-corrected chi connectivity index (χ2v) is 15.5. The molecule has 0 aliphatic carbocycles. The van der Waals surface area contributed by atoms with Gasteiger partial charge in [-0.2, -0.15) is 0 Å². The van der Waals surface area contributed by atoms with Crippen LogP contribution in [0.15, 0.2) is 78.9 Å². The van der Waals surface area contributed by atoms with Gasteiger partial charge in [0.25, 0.3) is 5.91 Å². The van der Waals surface area contributed by atoms with Crippen LogP contribution in [0.4, 0.5) is 15.5 Å². The standard InChI is InChI=1S/C33H42FN3O4Si/c1-23-29(17-12-24-10-7-11-28(20-24)36-33(40)26-13-15-27(35)16-14-26)41-30(32(23)42(2,3)34)21-31(39)37(18-19-38)22-25-8-5-4-6-9-25/h4-11,13-16,20,23,29-30,32,38H,12,17-19,21-22,35H2,1-3H3,(H,36,40)/t23-,29+,30-,32+/m0/s1. The Morgan fingerprint density at radius 2 is 1.69 bits per heavy atom. The van der Waals surface area contributed by atoms with E-state index < -0.39 is 14.5 Å². The molecule has 0 bridgehead atoms. The number of aliphatic hydroxyl groups excluding tert-OH is 1. The molecule has 2 amide bonds. The number of hydrogen-bond acceptors (Lipinski definition) is 5. The summed E-state index contributed by atoms with van der Waals surface area (Å²) < 4.78 is 22.1. The Morgan fingerprint density at radius 3 is 2.36 bits per heavy atom. The number of aliphatic hydroxyl groups is 1. The highest BCUT2D eigenvalue weighted by Gasteiger charge is 2.51. The van der Waals surface area contributed by atoms with Crippen molar-refractivity contribution in [1.82, 2.24) is 4.90 Å². The summed E-state index contributed by atoms with van der Waals surface area (Å²) in [6.45, 7) is 5.88. The zero-order valence-corrected chi connectivity index (χ0v) is 25.6. The monoisotopic (exact) mass is 591 g/mol. The van der Waals surface area contributed by atoms with Crippen LogP contribution < -0.4 is 11.1 Å². The quantitative estimate of drug-likeness (QED) is 0.140. The summed E-state index contributed by atoms with van der Waals surface area (Å²) in [5.41, 5.74) is 9.22. The minimum absolute atomic E-state index is 0.0386. The van der Waals surface area contributed by atoms with Crippen LogP contribution in [-0.2, 0) is 22.5 Å². The Balaban J connectivity index is 1.40. The van der Waals surface area contributed by atoms with Crippen molar-refractivity contribution < 1.29 is 23.5 Å². The van der Waals surface area contributed by atoms with Gasteiger partial charge in [0.1, 0.15) is 0 Å². The second-order valence-electron chi connectivity index (χ2n) is 11.7. The first-order valence-electron chi connectivity index (χ1n) is 14.6. The van der Waals surface area contributed by atoms with Gasteiger partial charge >= 0.3 is 0 Å². The maximum absolute atomic E-state index is 15.7. The molecule has 7 nitrogen and oxygen atoms in total. The number of rotatable bonds is 12. The van der Waals surface area contributed by atoms with Crippen molar-refractivity contribution >= 4 is 31.6 Å². The highest BCUT2D eigenvalue weighted by molar-refractivity contribution is 6.72. The summed E-state index contributed by atoms with van der Waals surface area (Å²) >= 11 is 0. The predicted molar refractivity (Wildman–Crippen MR) is 167 cm³/mol. The molecule has 0 spiro atoms. The van der Waals surface area contributed by atoms with Crippen molar-refractivity contribution in [3.05, 3.63) is 95.6 Å². The number of benzene rings is 3. The molecule has 1 aliphatic rings. The molecule has 0 radical (unpaired) electrons. The SMILES string of the molecule is C[C@@H]1[C@@H]([Si](C)(C)F)[C@H](CC(=O)N(CCO)Cc2ccccc2)O[C@@H]1CCc1cccc(NC(=O)c2ccc(N)cc2)c1. The minimum atomic E-state index is -3.16. The van der Waals surface area contributed by atoms with Gasteiger partial charge in [0, 0.05) is 35.6 Å². The molecule has 3 aromatic carbocycles. The first-order valence-corrected chi connectivity index (χ1v) is 17.5. The van der Waals surface area contributed by atoms with Crippen LogP contribution in [-0.4, -0.2) is 55.6 Å². The average Bonchev–Trinajstić information content (AvgIpc) is 3.27. The maximum atomic E-state index is 15.7. The van der Waals surface area contributed by atoms with Gasteiger partial charge in [0.05, 0.1) is 25.2 Å². The molecule has 0 unspecified atom stereocenters. The van der Waals surface area contributed by atoms with Crippen molar-refractivity contribution in [3.8, 4) is 0 Å². The van der Waals surface area contributed by atoms with E-state index in [1.807, 2.05) is 61.5 Å². The Morgan fingerprint density at radius 1 is 1.00 bits per heavy atom. The molecule has 1 heterocycles. The molecular formula is C33H42FN3O4Si. The topological polar surface area (TPSA) is 105 Å². The van der Waals surface area contributed by atoms with Crippen LogP contribution in [0.25, 0.3) is 0 Å². The van der Waals surface area contributed by atoms with E-state index in [9.17, 15) is 14.7 Å². The van der Waals surface area contributed by atoms with Gasteiger partial charge in [-0.3, -0.25) is 9.59 Å². The Kier molecular flexibility index (Phi) is 10.5. The number of anilines is 2. The molecule has 4 atom stereocenters. The molecule has 9 heteroatoms. The number of carbonyl (C=O) groups is 2. The molecule has 0 saturated carbocycles. The van der Waals surface area contributed by atoms with E-state index in [2.05, 4.69) is 5.32 Å². The Bertz CT molecular complexity index is 1330. The fourth-order valence-corrected chi connectivity index (χ4v) is 8.59. The number of hydrogen-bond donors (Lipinski definition) is 3. The van der Waals surface area contributed by atoms with Gasteiger partial charge < -0.3 is 29.9 Å². The third kappa shape index (κ3) is 8.27. The van der Waals surface area contributed by atoms with Gasteiger partial charge in [0.2, 0.25) is 14.3 Å². The van der Waals surface area contributed by atoms with Gasteiger partial charge in [-0.05, 0) is 79.4 Å².